The number of fused-ring (bicyclic) bond motifs is 1. The van der Waals surface area contributed by atoms with Gasteiger partial charge in [-0.25, -0.2) is 10.4 Å². The summed E-state index contributed by atoms with van der Waals surface area (Å²) in [5.74, 6) is 2.48. The number of phenolic OH excluding ortho intramolecular Hbond substituents is 1. The first-order valence-corrected chi connectivity index (χ1v) is 12.9. The molecular weight excluding hydrogens is 426 g/mol. The Morgan fingerprint density at radius 3 is 3.00 bits per heavy atom. The summed E-state index contributed by atoms with van der Waals surface area (Å²) in [6, 6.07) is 6.56. The minimum atomic E-state index is 0.215. The predicted octanol–water partition coefficient (Wildman–Crippen LogP) is 3.90. The Bertz CT molecular complexity index is 1000. The summed E-state index contributed by atoms with van der Waals surface area (Å²) < 4.78 is 5.22. The third kappa shape index (κ3) is 4.93. The molecule has 4 atom stereocenters. The number of hydrazine groups is 1. The highest BCUT2D eigenvalue weighted by Crippen LogP contribution is 2.44. The number of hydrogen-bond acceptors (Lipinski definition) is 6. The van der Waals surface area contributed by atoms with Gasteiger partial charge in [-0.15, -0.1) is 0 Å². The number of nitrogens with one attached hydrogen (secondary N) is 3. The maximum Gasteiger partial charge on any atom is 0.125 e. The second-order valence-corrected chi connectivity index (χ2v) is 10.1. The number of aryl methyl sites for hydroxylation is 1. The van der Waals surface area contributed by atoms with Crippen molar-refractivity contribution in [3.63, 3.8) is 0 Å². The van der Waals surface area contributed by atoms with Gasteiger partial charge in [-0.2, -0.15) is 0 Å². The molecule has 34 heavy (non-hydrogen) atoms. The first-order chi connectivity index (χ1) is 16.7. The van der Waals surface area contributed by atoms with Crippen molar-refractivity contribution in [3.05, 3.63) is 53.1 Å². The third-order valence-corrected chi connectivity index (χ3v) is 7.99. The van der Waals surface area contributed by atoms with Gasteiger partial charge in [0, 0.05) is 39.4 Å². The van der Waals surface area contributed by atoms with Gasteiger partial charge in [0.25, 0.3) is 0 Å². The lowest BCUT2D eigenvalue weighted by atomic mass is 9.73. The molecule has 3 heterocycles. The number of methoxy groups -OCH3 is 1. The van der Waals surface area contributed by atoms with Crippen LogP contribution in [0.3, 0.4) is 0 Å². The van der Waals surface area contributed by atoms with Crippen LogP contribution in [0.1, 0.15) is 73.6 Å². The molecule has 0 bridgehead atoms. The second kappa shape index (κ2) is 10.6. The van der Waals surface area contributed by atoms with Crippen molar-refractivity contribution in [2.24, 2.45) is 5.92 Å². The zero-order valence-electron chi connectivity index (χ0n) is 20.5. The van der Waals surface area contributed by atoms with Crippen molar-refractivity contribution in [2.75, 3.05) is 33.4 Å². The monoisotopic (exact) mass is 465 g/mol. The number of hydrogen-bond donors (Lipinski definition) is 4. The summed E-state index contributed by atoms with van der Waals surface area (Å²) in [5.41, 5.74) is 12.3. The lowest BCUT2D eigenvalue weighted by molar-refractivity contribution is 0.176. The minimum absolute atomic E-state index is 0.215. The molecule has 2 fully saturated rings. The van der Waals surface area contributed by atoms with Gasteiger partial charge in [0.15, 0.2) is 0 Å². The molecule has 2 aliphatic heterocycles. The van der Waals surface area contributed by atoms with Crippen molar-refractivity contribution in [2.45, 2.75) is 63.5 Å². The first-order valence-electron chi connectivity index (χ1n) is 12.9. The highest BCUT2D eigenvalue weighted by molar-refractivity contribution is 5.64. The highest BCUT2D eigenvalue weighted by Gasteiger charge is 2.42. The summed E-state index contributed by atoms with van der Waals surface area (Å²) in [7, 11) is 1.77. The summed E-state index contributed by atoms with van der Waals surface area (Å²) >= 11 is 0. The van der Waals surface area contributed by atoms with Crippen LogP contribution in [0.2, 0.25) is 0 Å². The molecule has 5 rings (SSSR count). The number of benzene rings is 1. The topological polar surface area (TPSA) is 85.4 Å². The number of imidazole rings is 1. The van der Waals surface area contributed by atoms with Crippen LogP contribution >= 0.6 is 0 Å². The molecule has 0 radical (unpaired) electrons. The van der Waals surface area contributed by atoms with Crippen molar-refractivity contribution < 1.29 is 9.84 Å². The third-order valence-electron chi connectivity index (χ3n) is 7.99. The number of aromatic nitrogens is 2. The van der Waals surface area contributed by atoms with E-state index in [-0.39, 0.29) is 6.04 Å². The number of aromatic hydroxyl groups is 1. The van der Waals surface area contributed by atoms with Gasteiger partial charge in [0.1, 0.15) is 11.6 Å². The summed E-state index contributed by atoms with van der Waals surface area (Å²) in [6.07, 6.45) is 10.9. The SMILES string of the molecule is CCc1cc(O)ccc1C1CCC2C(C1)NNC2c1ncc(C2=CCCN(CCCOC)C2)[nH]1. The highest BCUT2D eigenvalue weighted by atomic mass is 16.5. The van der Waals surface area contributed by atoms with E-state index in [9.17, 15) is 5.11 Å². The van der Waals surface area contributed by atoms with Crippen LogP contribution in [0.25, 0.3) is 5.57 Å². The maximum atomic E-state index is 9.89. The number of phenols is 1. The Morgan fingerprint density at radius 2 is 2.15 bits per heavy atom. The van der Waals surface area contributed by atoms with E-state index in [4.69, 9.17) is 9.72 Å². The average Bonchev–Trinajstić information content (AvgIpc) is 3.51. The number of rotatable bonds is 8. The van der Waals surface area contributed by atoms with Crippen LogP contribution in [0.5, 0.6) is 5.75 Å². The Kier molecular flexibility index (Phi) is 7.34. The van der Waals surface area contributed by atoms with Crippen molar-refractivity contribution in [1.82, 2.24) is 25.7 Å². The number of nitrogens with zero attached hydrogens (tertiary/aromatic N) is 2. The molecule has 3 aliphatic rings. The quantitative estimate of drug-likeness (QED) is 0.443. The molecule has 1 aromatic carbocycles. The number of H-pyrrole nitrogens is 1. The Labute approximate surface area is 203 Å². The first kappa shape index (κ1) is 23.5. The molecule has 7 nitrogen and oxygen atoms in total. The van der Waals surface area contributed by atoms with E-state index in [0.29, 0.717) is 23.6 Å². The molecule has 1 saturated carbocycles. The second-order valence-electron chi connectivity index (χ2n) is 10.1. The van der Waals surface area contributed by atoms with E-state index < -0.39 is 0 Å². The van der Waals surface area contributed by atoms with Crippen LogP contribution in [0.15, 0.2) is 30.5 Å². The smallest absolute Gasteiger partial charge is 0.125 e. The molecule has 4 N–H and O–H groups in total. The van der Waals surface area contributed by atoms with Gasteiger partial charge in [-0.1, -0.05) is 19.1 Å². The van der Waals surface area contributed by atoms with Crippen LogP contribution < -0.4 is 10.9 Å². The maximum absolute atomic E-state index is 9.89. The van der Waals surface area contributed by atoms with Gasteiger partial charge in [-0.3, -0.25) is 10.3 Å². The lowest BCUT2D eigenvalue weighted by Crippen LogP contribution is -2.35. The van der Waals surface area contributed by atoms with E-state index in [0.717, 1.165) is 69.9 Å². The zero-order valence-corrected chi connectivity index (χ0v) is 20.5. The van der Waals surface area contributed by atoms with Gasteiger partial charge < -0.3 is 14.8 Å². The summed E-state index contributed by atoms with van der Waals surface area (Å²) in [5, 5.41) is 9.89. The Morgan fingerprint density at radius 1 is 1.24 bits per heavy atom. The fraction of sp³-hybridized carbons (Fsp3) is 0.593. The van der Waals surface area contributed by atoms with E-state index >= 15 is 0 Å². The summed E-state index contributed by atoms with van der Waals surface area (Å²) in [6.45, 7) is 6.16. The number of aromatic amines is 1. The zero-order chi connectivity index (χ0) is 23.5. The summed E-state index contributed by atoms with van der Waals surface area (Å²) in [4.78, 5) is 11.0. The van der Waals surface area contributed by atoms with E-state index in [1.165, 1.54) is 23.1 Å². The van der Waals surface area contributed by atoms with Gasteiger partial charge in [-0.05, 0) is 79.2 Å². The van der Waals surface area contributed by atoms with Crippen molar-refractivity contribution in [1.29, 1.82) is 0 Å². The van der Waals surface area contributed by atoms with Gasteiger partial charge in [0.2, 0.25) is 0 Å². The fourth-order valence-electron chi connectivity index (χ4n) is 6.20. The number of ether oxygens (including phenoxy) is 1. The molecular formula is C27H39N5O2. The Balaban J connectivity index is 1.23. The Hall–Kier alpha value is -2.19. The van der Waals surface area contributed by atoms with E-state index in [1.54, 1.807) is 7.11 Å². The normalized spacial score (nSPS) is 27.5. The fourth-order valence-corrected chi connectivity index (χ4v) is 6.20. The molecule has 184 valence electrons. The predicted molar refractivity (Wildman–Crippen MR) is 134 cm³/mol. The largest absolute Gasteiger partial charge is 0.508 e. The van der Waals surface area contributed by atoms with Crippen LogP contribution in [0.4, 0.5) is 0 Å². The molecule has 0 spiro atoms. The van der Waals surface area contributed by atoms with Crippen molar-refractivity contribution in [3.8, 4) is 5.75 Å². The van der Waals surface area contributed by atoms with Gasteiger partial charge in [0.05, 0.1) is 17.9 Å². The minimum Gasteiger partial charge on any atom is -0.508 e. The molecule has 7 heteroatoms. The lowest BCUT2D eigenvalue weighted by Gasteiger charge is -2.33. The van der Waals surface area contributed by atoms with Crippen molar-refractivity contribution >= 4 is 5.57 Å². The molecule has 1 saturated heterocycles. The molecule has 1 aromatic heterocycles. The van der Waals surface area contributed by atoms with E-state index in [1.807, 2.05) is 18.3 Å². The molecule has 1 aliphatic carbocycles. The standard InChI is InChI=1S/C27H39N5O2/c1-3-18-14-21(33)8-10-22(18)19-7-9-23-24(15-19)30-31-26(23)27-28-16-25(29-27)20-6-4-11-32(17-20)12-5-13-34-2/h6,8,10,14,16,19,23-24,26,30-31,33H,3-5,7,9,11-13,15,17H2,1-2H3,(H,28,29). The molecule has 4 unspecified atom stereocenters. The molecule has 0 amide bonds. The van der Waals surface area contributed by atoms with Crippen LogP contribution in [-0.4, -0.2) is 59.4 Å². The van der Waals surface area contributed by atoms with Gasteiger partial charge >= 0.3 is 0 Å². The van der Waals surface area contributed by atoms with Crippen LogP contribution in [-0.2, 0) is 11.2 Å². The van der Waals surface area contributed by atoms with E-state index in [2.05, 4.69) is 39.8 Å². The average molecular weight is 466 g/mol. The van der Waals surface area contributed by atoms with Crippen LogP contribution in [0, 0.1) is 5.92 Å². The molecule has 2 aromatic rings.